The molecule has 1 saturated carbocycles. The monoisotopic (exact) mass is 310 g/mol. The Bertz CT molecular complexity index is 568. The molecule has 1 saturated heterocycles. The van der Waals surface area contributed by atoms with Crippen LogP contribution in [0.1, 0.15) is 20.8 Å². The summed E-state index contributed by atoms with van der Waals surface area (Å²) in [5.74, 6) is -0.504. The highest BCUT2D eigenvalue weighted by atomic mass is 19.1. The van der Waals surface area contributed by atoms with E-state index in [0.29, 0.717) is 30.6 Å². The van der Waals surface area contributed by atoms with E-state index in [9.17, 15) is 13.6 Å². The van der Waals surface area contributed by atoms with Crippen LogP contribution < -0.4 is 10.2 Å². The zero-order valence-corrected chi connectivity index (χ0v) is 12.9. The molecule has 1 aromatic rings. The van der Waals surface area contributed by atoms with E-state index in [0.717, 1.165) is 6.07 Å². The number of piperidine rings is 1. The van der Waals surface area contributed by atoms with Gasteiger partial charge in [-0.15, -0.1) is 0 Å². The van der Waals surface area contributed by atoms with Gasteiger partial charge in [0.2, 0.25) is 0 Å². The van der Waals surface area contributed by atoms with Crippen LogP contribution in [0.15, 0.2) is 18.2 Å². The summed E-state index contributed by atoms with van der Waals surface area (Å²) in [5.41, 5.74) is 0.0415. The number of rotatable bonds is 2. The van der Waals surface area contributed by atoms with Crippen molar-refractivity contribution in [1.29, 1.82) is 0 Å². The molecule has 1 N–H and O–H groups in total. The Hall–Kier alpha value is -1.85. The number of fused-ring (bicyclic) bond motifs is 1. The number of nitrogens with zero attached hydrogens (tertiary/aromatic N) is 1. The number of halogens is 2. The second-order valence-electron chi connectivity index (χ2n) is 7.03. The van der Waals surface area contributed by atoms with Gasteiger partial charge < -0.3 is 15.0 Å². The van der Waals surface area contributed by atoms with Gasteiger partial charge in [0.15, 0.2) is 0 Å². The first kappa shape index (κ1) is 15.1. The highest BCUT2D eigenvalue weighted by Gasteiger charge is 2.57. The Balaban J connectivity index is 1.54. The SMILES string of the molecule is CC(C)(C)OC(=O)NC1C2CN(c3cc(F)cc(F)c3)CC21. The fraction of sp³-hybridized carbons (Fsp3) is 0.562. The second kappa shape index (κ2) is 5.11. The summed E-state index contributed by atoms with van der Waals surface area (Å²) >= 11 is 0. The number of benzene rings is 1. The molecule has 1 heterocycles. The van der Waals surface area contributed by atoms with Crippen molar-refractivity contribution >= 4 is 11.8 Å². The van der Waals surface area contributed by atoms with Crippen molar-refractivity contribution in [3.05, 3.63) is 29.8 Å². The predicted molar refractivity (Wildman–Crippen MR) is 78.7 cm³/mol. The minimum atomic E-state index is -0.570. The van der Waals surface area contributed by atoms with Gasteiger partial charge in [0, 0.05) is 42.7 Å². The Labute approximate surface area is 128 Å². The molecule has 1 amide bonds. The van der Waals surface area contributed by atoms with Gasteiger partial charge in [0.05, 0.1) is 0 Å². The van der Waals surface area contributed by atoms with Crippen LogP contribution in [0.4, 0.5) is 19.3 Å². The number of carbonyl (C=O) groups excluding carboxylic acids is 1. The van der Waals surface area contributed by atoms with Crippen molar-refractivity contribution in [2.45, 2.75) is 32.4 Å². The number of amides is 1. The zero-order valence-electron chi connectivity index (χ0n) is 12.9. The average molecular weight is 310 g/mol. The normalized spacial score (nSPS) is 26.6. The van der Waals surface area contributed by atoms with Gasteiger partial charge in [0.1, 0.15) is 17.2 Å². The third-order valence-electron chi connectivity index (χ3n) is 4.09. The van der Waals surface area contributed by atoms with E-state index in [2.05, 4.69) is 5.32 Å². The number of nitrogens with one attached hydrogen (secondary N) is 1. The Kier molecular flexibility index (Phi) is 3.50. The molecule has 0 radical (unpaired) electrons. The topological polar surface area (TPSA) is 41.6 Å². The summed E-state index contributed by atoms with van der Waals surface area (Å²) in [5, 5.41) is 2.87. The van der Waals surface area contributed by atoms with Crippen molar-refractivity contribution < 1.29 is 18.3 Å². The Morgan fingerprint density at radius 3 is 2.23 bits per heavy atom. The lowest BCUT2D eigenvalue weighted by atomic mass is 10.2. The van der Waals surface area contributed by atoms with Gasteiger partial charge in [-0.05, 0) is 32.9 Å². The predicted octanol–water partition coefficient (Wildman–Crippen LogP) is 2.92. The van der Waals surface area contributed by atoms with E-state index in [1.165, 1.54) is 12.1 Å². The van der Waals surface area contributed by atoms with E-state index in [-0.39, 0.29) is 6.04 Å². The quantitative estimate of drug-likeness (QED) is 0.913. The lowest BCUT2D eigenvalue weighted by Gasteiger charge is -2.23. The van der Waals surface area contributed by atoms with E-state index >= 15 is 0 Å². The molecule has 4 nitrogen and oxygen atoms in total. The fourth-order valence-electron chi connectivity index (χ4n) is 3.12. The van der Waals surface area contributed by atoms with Crippen molar-refractivity contribution in [2.24, 2.45) is 11.8 Å². The molecule has 120 valence electrons. The molecule has 2 fully saturated rings. The van der Waals surface area contributed by atoms with Gasteiger partial charge in [0.25, 0.3) is 0 Å². The van der Waals surface area contributed by atoms with Gasteiger partial charge in [-0.1, -0.05) is 0 Å². The van der Waals surface area contributed by atoms with Crippen LogP contribution >= 0.6 is 0 Å². The maximum absolute atomic E-state index is 13.3. The maximum atomic E-state index is 13.3. The highest BCUT2D eigenvalue weighted by molar-refractivity contribution is 5.69. The summed E-state index contributed by atoms with van der Waals surface area (Å²) < 4.78 is 31.7. The van der Waals surface area contributed by atoms with Crippen LogP contribution in [0.2, 0.25) is 0 Å². The van der Waals surface area contributed by atoms with Crippen LogP contribution in [-0.4, -0.2) is 30.8 Å². The maximum Gasteiger partial charge on any atom is 0.407 e. The van der Waals surface area contributed by atoms with Crippen molar-refractivity contribution in [3.8, 4) is 0 Å². The molecule has 1 aliphatic heterocycles. The van der Waals surface area contributed by atoms with Gasteiger partial charge >= 0.3 is 6.09 Å². The second-order valence-corrected chi connectivity index (χ2v) is 7.03. The third kappa shape index (κ3) is 3.15. The van der Waals surface area contributed by atoms with E-state index in [4.69, 9.17) is 4.74 Å². The molecular weight excluding hydrogens is 290 g/mol. The lowest BCUT2D eigenvalue weighted by molar-refractivity contribution is 0.0518. The summed E-state index contributed by atoms with van der Waals surface area (Å²) in [6, 6.07) is 3.64. The zero-order chi connectivity index (χ0) is 16.1. The van der Waals surface area contributed by atoms with Crippen LogP contribution in [0.5, 0.6) is 0 Å². The number of anilines is 1. The third-order valence-corrected chi connectivity index (χ3v) is 4.09. The molecule has 0 bridgehead atoms. The van der Waals surface area contributed by atoms with Crippen LogP contribution in [0.3, 0.4) is 0 Å². The van der Waals surface area contributed by atoms with Gasteiger partial charge in [-0.3, -0.25) is 0 Å². The first-order valence-electron chi connectivity index (χ1n) is 7.43. The molecule has 6 heteroatoms. The molecule has 1 aliphatic carbocycles. The lowest BCUT2D eigenvalue weighted by Crippen LogP contribution is -2.38. The van der Waals surface area contributed by atoms with Crippen LogP contribution in [0, 0.1) is 23.5 Å². The summed E-state index contributed by atoms with van der Waals surface area (Å²) in [6.07, 6.45) is -0.407. The first-order chi connectivity index (χ1) is 10.2. The molecule has 0 aromatic heterocycles. The molecule has 0 spiro atoms. The highest BCUT2D eigenvalue weighted by Crippen LogP contribution is 2.47. The standard InChI is InChI=1S/C16H20F2N2O2/c1-16(2,3)22-15(21)19-14-12-7-20(8-13(12)14)11-5-9(17)4-10(18)6-11/h4-6,12-14H,7-8H2,1-3H3,(H,19,21). The summed E-state index contributed by atoms with van der Waals surface area (Å²) in [4.78, 5) is 13.7. The van der Waals surface area contributed by atoms with Gasteiger partial charge in [-0.2, -0.15) is 0 Å². The molecule has 2 atom stereocenters. The largest absolute Gasteiger partial charge is 0.444 e. The minimum absolute atomic E-state index is 0.101. The van der Waals surface area contributed by atoms with E-state index in [1.54, 1.807) is 0 Å². The fourth-order valence-corrected chi connectivity index (χ4v) is 3.12. The smallest absolute Gasteiger partial charge is 0.407 e. The molecule has 1 aromatic carbocycles. The van der Waals surface area contributed by atoms with E-state index < -0.39 is 23.3 Å². The summed E-state index contributed by atoms with van der Waals surface area (Å²) in [7, 11) is 0. The number of alkyl carbamates (subject to hydrolysis) is 1. The Morgan fingerprint density at radius 1 is 1.18 bits per heavy atom. The molecule has 3 rings (SSSR count). The first-order valence-corrected chi connectivity index (χ1v) is 7.43. The van der Waals surface area contributed by atoms with Gasteiger partial charge in [-0.25, -0.2) is 13.6 Å². The van der Waals surface area contributed by atoms with Crippen molar-refractivity contribution in [3.63, 3.8) is 0 Å². The molecule has 2 aliphatic rings. The molecule has 2 unspecified atom stereocenters. The Morgan fingerprint density at radius 2 is 1.73 bits per heavy atom. The number of hydrogen-bond donors (Lipinski definition) is 1. The number of hydrogen-bond acceptors (Lipinski definition) is 3. The van der Waals surface area contributed by atoms with Crippen molar-refractivity contribution in [2.75, 3.05) is 18.0 Å². The van der Waals surface area contributed by atoms with E-state index in [1.807, 2.05) is 25.7 Å². The number of ether oxygens (including phenoxy) is 1. The van der Waals surface area contributed by atoms with Crippen LogP contribution in [-0.2, 0) is 4.74 Å². The molecule has 22 heavy (non-hydrogen) atoms. The molecular formula is C16H20F2N2O2. The van der Waals surface area contributed by atoms with Crippen molar-refractivity contribution in [1.82, 2.24) is 5.32 Å². The minimum Gasteiger partial charge on any atom is -0.444 e. The number of carbonyl (C=O) groups is 1. The van der Waals surface area contributed by atoms with Crippen LogP contribution in [0.25, 0.3) is 0 Å². The summed E-state index contributed by atoms with van der Waals surface area (Å²) in [6.45, 7) is 6.84. The average Bonchev–Trinajstić information content (AvgIpc) is 2.81.